The summed E-state index contributed by atoms with van der Waals surface area (Å²) in [6.07, 6.45) is 0. The van der Waals surface area contributed by atoms with Crippen LogP contribution in [0.15, 0.2) is 36.4 Å². The number of nitrogens with zero attached hydrogens (tertiary/aromatic N) is 3. The first-order valence-electron chi connectivity index (χ1n) is 14.7. The maximum absolute atomic E-state index is 14.1. The van der Waals surface area contributed by atoms with E-state index in [4.69, 9.17) is 14.6 Å². The van der Waals surface area contributed by atoms with Gasteiger partial charge in [0.1, 0.15) is 23.1 Å². The van der Waals surface area contributed by atoms with Crippen LogP contribution in [0.2, 0.25) is 0 Å². The third kappa shape index (κ3) is 8.71. The number of fused-ring (bicyclic) bond motifs is 2. The Balaban J connectivity index is 0.000000251. The third-order valence-corrected chi connectivity index (χ3v) is 9.31. The molecule has 4 aliphatic rings. The summed E-state index contributed by atoms with van der Waals surface area (Å²) in [4.78, 5) is 29.5. The maximum Gasteiger partial charge on any atom is 0.338 e. The first kappa shape index (κ1) is 37.9. The molecule has 0 bridgehead atoms. The fourth-order valence-electron chi connectivity index (χ4n) is 6.91. The number of carbonyl (C=O) groups is 2. The zero-order valence-corrected chi connectivity index (χ0v) is 25.8. The molecule has 0 saturated carbocycles. The first-order valence-corrected chi connectivity index (χ1v) is 14.7. The van der Waals surface area contributed by atoms with Crippen LogP contribution < -0.4 is 14.8 Å². The van der Waals surface area contributed by atoms with Gasteiger partial charge in [0, 0.05) is 56.9 Å². The van der Waals surface area contributed by atoms with E-state index < -0.39 is 17.6 Å². The SMILES string of the molecule is C.C.COc1ccc(C(=O)N2C[C@H]3CN(C)C[C@H]3[C@@H]2C)c(F)c1.COc1ccc(C(=O)O)c(F)c1.C[C@@H]1NC[C@H]2CN(C)C[C@H]21. The van der Waals surface area contributed by atoms with Crippen LogP contribution in [0.4, 0.5) is 8.78 Å². The number of methoxy groups -OCH3 is 2. The Bertz CT molecular complexity index is 1300. The van der Waals surface area contributed by atoms with Crippen molar-refractivity contribution in [1.82, 2.24) is 20.0 Å². The summed E-state index contributed by atoms with van der Waals surface area (Å²) in [5.41, 5.74) is -0.216. The van der Waals surface area contributed by atoms with Crippen molar-refractivity contribution in [3.05, 3.63) is 59.2 Å². The number of carboxylic acids is 1. The minimum Gasteiger partial charge on any atom is -0.497 e. The van der Waals surface area contributed by atoms with Gasteiger partial charge in [0.15, 0.2) is 0 Å². The number of carboxylic acid groups (broad SMARTS) is 1. The van der Waals surface area contributed by atoms with Crippen molar-refractivity contribution in [2.45, 2.75) is 40.8 Å². The molecule has 4 heterocycles. The molecule has 9 nitrogen and oxygen atoms in total. The van der Waals surface area contributed by atoms with Gasteiger partial charge < -0.3 is 34.6 Å². The summed E-state index contributed by atoms with van der Waals surface area (Å²) < 4.78 is 36.6. The van der Waals surface area contributed by atoms with E-state index >= 15 is 0 Å². The lowest BCUT2D eigenvalue weighted by Gasteiger charge is -2.26. The Morgan fingerprint density at radius 1 is 0.800 bits per heavy atom. The number of hydrogen-bond donors (Lipinski definition) is 2. The van der Waals surface area contributed by atoms with Gasteiger partial charge in [-0.25, -0.2) is 13.6 Å². The van der Waals surface area contributed by atoms with E-state index in [0.29, 0.717) is 23.3 Å². The smallest absolute Gasteiger partial charge is 0.338 e. The van der Waals surface area contributed by atoms with Crippen LogP contribution in [-0.2, 0) is 0 Å². The van der Waals surface area contributed by atoms with Crippen LogP contribution in [0.25, 0.3) is 0 Å². The Morgan fingerprint density at radius 3 is 1.78 bits per heavy atom. The number of ether oxygens (including phenoxy) is 2. The quantitative estimate of drug-likeness (QED) is 0.495. The molecule has 2 aromatic rings. The molecule has 4 fully saturated rings. The highest BCUT2D eigenvalue weighted by atomic mass is 19.1. The summed E-state index contributed by atoms with van der Waals surface area (Å²) in [6, 6.07) is 8.92. The second-order valence-corrected chi connectivity index (χ2v) is 12.2. The summed E-state index contributed by atoms with van der Waals surface area (Å²) >= 11 is 0. The normalized spacial score (nSPS) is 26.6. The predicted molar refractivity (Wildman–Crippen MR) is 173 cm³/mol. The highest BCUT2D eigenvalue weighted by Crippen LogP contribution is 2.36. The predicted octanol–water partition coefficient (Wildman–Crippen LogP) is 4.82. The Hall–Kier alpha value is -3.28. The lowest BCUT2D eigenvalue weighted by atomic mass is 9.95. The molecule has 252 valence electrons. The van der Waals surface area contributed by atoms with Crippen molar-refractivity contribution in [2.75, 3.05) is 67.6 Å². The molecular formula is C34H52F2N4O5. The molecule has 0 spiro atoms. The molecule has 0 aliphatic carbocycles. The van der Waals surface area contributed by atoms with Crippen molar-refractivity contribution in [3.8, 4) is 11.5 Å². The minimum atomic E-state index is -1.28. The van der Waals surface area contributed by atoms with Gasteiger partial charge in [-0.1, -0.05) is 14.9 Å². The molecule has 2 N–H and O–H groups in total. The summed E-state index contributed by atoms with van der Waals surface area (Å²) in [5, 5.41) is 12.0. The first-order chi connectivity index (χ1) is 20.4. The number of hydrogen-bond acceptors (Lipinski definition) is 7. The van der Waals surface area contributed by atoms with Gasteiger partial charge in [-0.3, -0.25) is 4.79 Å². The standard InChI is InChI=1S/C16H21FN2O2.C8H7FO3.C8H16N2.2CH4/c1-10-14-9-18(2)7-11(14)8-19(10)16(20)13-5-4-12(21-3)6-15(13)17;1-12-5-2-3-6(8(10)11)7(9)4-5;1-6-8-5-10(2)4-7(8)3-9-6;;/h4-6,10-11,14H,7-9H2,1-3H3;2-4H,1H3,(H,10,11);6-9H,3-5H2,1-2H3;2*1H4/t10-,11+,14-;;6-,7-,8-;;/m0.0../s1. The Labute approximate surface area is 267 Å². The number of nitrogens with one attached hydrogen (secondary N) is 1. The van der Waals surface area contributed by atoms with Gasteiger partial charge in [-0.2, -0.15) is 0 Å². The molecule has 4 saturated heterocycles. The molecule has 11 heteroatoms. The number of aromatic carboxylic acids is 1. The van der Waals surface area contributed by atoms with Crippen molar-refractivity contribution >= 4 is 11.9 Å². The molecule has 0 aromatic heterocycles. The van der Waals surface area contributed by atoms with E-state index in [2.05, 4.69) is 43.1 Å². The molecular weight excluding hydrogens is 582 g/mol. The number of benzene rings is 2. The average Bonchev–Trinajstić information content (AvgIpc) is 3.71. The molecule has 0 unspecified atom stereocenters. The van der Waals surface area contributed by atoms with E-state index in [-0.39, 0.29) is 37.9 Å². The van der Waals surface area contributed by atoms with Gasteiger partial charge in [0.2, 0.25) is 0 Å². The van der Waals surface area contributed by atoms with Crippen LogP contribution >= 0.6 is 0 Å². The molecule has 45 heavy (non-hydrogen) atoms. The van der Waals surface area contributed by atoms with Gasteiger partial charge in [0.25, 0.3) is 5.91 Å². The van der Waals surface area contributed by atoms with E-state index in [9.17, 15) is 18.4 Å². The largest absolute Gasteiger partial charge is 0.497 e. The number of rotatable bonds is 4. The average molecular weight is 635 g/mol. The van der Waals surface area contributed by atoms with Crippen LogP contribution in [0.1, 0.15) is 49.4 Å². The van der Waals surface area contributed by atoms with Crippen LogP contribution in [-0.4, -0.2) is 111 Å². The number of carbonyl (C=O) groups excluding carboxylic acids is 1. The monoisotopic (exact) mass is 634 g/mol. The van der Waals surface area contributed by atoms with E-state index in [1.54, 1.807) is 6.07 Å². The van der Waals surface area contributed by atoms with Crippen LogP contribution in [0, 0.1) is 35.3 Å². The molecule has 0 radical (unpaired) electrons. The summed E-state index contributed by atoms with van der Waals surface area (Å²) in [7, 11) is 7.21. The van der Waals surface area contributed by atoms with E-state index in [1.165, 1.54) is 52.1 Å². The fraction of sp³-hybridized carbons (Fsp3) is 0.588. The number of halogens is 2. The molecule has 4 aliphatic heterocycles. The lowest BCUT2D eigenvalue weighted by molar-refractivity contribution is 0.0688. The molecule has 1 amide bonds. The Kier molecular flexibility index (Phi) is 13.8. The fourth-order valence-corrected chi connectivity index (χ4v) is 6.91. The van der Waals surface area contributed by atoms with E-state index in [0.717, 1.165) is 49.6 Å². The van der Waals surface area contributed by atoms with Gasteiger partial charge in [-0.15, -0.1) is 0 Å². The second kappa shape index (κ2) is 16.3. The van der Waals surface area contributed by atoms with Gasteiger partial charge in [0.05, 0.1) is 25.3 Å². The topological polar surface area (TPSA) is 94.6 Å². The molecule has 2 aromatic carbocycles. The van der Waals surface area contributed by atoms with Crippen molar-refractivity contribution in [2.24, 2.45) is 23.7 Å². The number of amides is 1. The third-order valence-electron chi connectivity index (χ3n) is 9.31. The molecule has 6 atom stereocenters. The minimum absolute atomic E-state index is 0. The number of likely N-dealkylation sites (tertiary alicyclic amines) is 3. The van der Waals surface area contributed by atoms with Crippen molar-refractivity contribution in [3.63, 3.8) is 0 Å². The van der Waals surface area contributed by atoms with Gasteiger partial charge in [-0.05, 0) is 82.4 Å². The maximum atomic E-state index is 14.1. The summed E-state index contributed by atoms with van der Waals surface area (Å²) in [6.45, 7) is 11.0. The Morgan fingerprint density at radius 2 is 1.31 bits per heavy atom. The van der Waals surface area contributed by atoms with Crippen molar-refractivity contribution in [1.29, 1.82) is 0 Å². The lowest BCUT2D eigenvalue weighted by Crippen LogP contribution is -2.38. The highest BCUT2D eigenvalue weighted by molar-refractivity contribution is 5.95. The highest BCUT2D eigenvalue weighted by Gasteiger charge is 2.46. The van der Waals surface area contributed by atoms with Crippen LogP contribution in [0.3, 0.4) is 0 Å². The second-order valence-electron chi connectivity index (χ2n) is 12.2. The van der Waals surface area contributed by atoms with Crippen LogP contribution in [0.5, 0.6) is 11.5 Å². The van der Waals surface area contributed by atoms with Gasteiger partial charge >= 0.3 is 5.97 Å². The summed E-state index contributed by atoms with van der Waals surface area (Å²) in [5.74, 6) is 0.826. The zero-order valence-electron chi connectivity index (χ0n) is 25.8. The van der Waals surface area contributed by atoms with E-state index in [1.807, 2.05) is 4.90 Å². The van der Waals surface area contributed by atoms with Crippen molar-refractivity contribution < 1.29 is 33.0 Å². The zero-order chi connectivity index (χ0) is 31.4. The molecule has 6 rings (SSSR count).